The van der Waals surface area contributed by atoms with Crippen LogP contribution in [-0.2, 0) is 0 Å². The monoisotopic (exact) mass is 791 g/mol. The summed E-state index contributed by atoms with van der Waals surface area (Å²) in [6, 6.07) is 78.8. The summed E-state index contributed by atoms with van der Waals surface area (Å²) in [5, 5.41) is 7.41. The summed E-state index contributed by atoms with van der Waals surface area (Å²) < 4.78 is 9.54. The number of rotatable bonds is 6. The second-order valence-corrected chi connectivity index (χ2v) is 16.0. The van der Waals surface area contributed by atoms with Crippen LogP contribution in [0, 0.1) is 0 Å². The predicted molar refractivity (Wildman–Crippen MR) is 257 cm³/mol. The molecule has 0 spiro atoms. The molecule has 13 rings (SSSR count). The van der Waals surface area contributed by atoms with E-state index in [1.165, 1.54) is 43.4 Å². The van der Waals surface area contributed by atoms with Crippen molar-refractivity contribution in [1.29, 1.82) is 0 Å². The maximum absolute atomic E-state index is 5.22. The fraction of sp³-hybridized carbons (Fsp3) is 0. The third-order valence-electron chi connectivity index (χ3n) is 12.6. The van der Waals surface area contributed by atoms with Gasteiger partial charge in [-0.3, -0.25) is 4.57 Å². The Morgan fingerprint density at radius 3 is 0.968 bits per heavy atom. The van der Waals surface area contributed by atoms with Crippen molar-refractivity contribution >= 4 is 65.4 Å². The minimum absolute atomic E-state index is 0.880. The summed E-state index contributed by atoms with van der Waals surface area (Å²) in [5.74, 6) is 0.880. The van der Waals surface area contributed by atoms with E-state index in [0.717, 1.165) is 67.5 Å². The SMILES string of the molecule is c1ccc(-c2ncc(-c3cc(-n4c5ccccc5c5ccccc54)cc(-n4c5ccccc5c5ccccc54)c3)n2-c2ccc(-n3c4ccccc4c4ccccc43)cc2)cc1. The molecule has 62 heavy (non-hydrogen) atoms. The first-order valence-electron chi connectivity index (χ1n) is 21.1. The van der Waals surface area contributed by atoms with E-state index >= 15 is 0 Å². The molecule has 0 saturated heterocycles. The van der Waals surface area contributed by atoms with E-state index in [2.05, 4.69) is 237 Å². The molecule has 0 bridgehead atoms. The summed E-state index contributed by atoms with van der Waals surface area (Å²) in [7, 11) is 0. The van der Waals surface area contributed by atoms with Gasteiger partial charge in [-0.15, -0.1) is 0 Å². The topological polar surface area (TPSA) is 32.6 Å². The number of benzene rings is 9. The van der Waals surface area contributed by atoms with Crippen molar-refractivity contribution in [1.82, 2.24) is 23.3 Å². The first-order chi connectivity index (χ1) is 30.8. The maximum atomic E-state index is 5.22. The third kappa shape index (κ3) is 5.12. The highest BCUT2D eigenvalue weighted by molar-refractivity contribution is 6.11. The van der Waals surface area contributed by atoms with Gasteiger partial charge in [0.1, 0.15) is 5.82 Å². The summed E-state index contributed by atoms with van der Waals surface area (Å²) in [4.78, 5) is 5.22. The first kappa shape index (κ1) is 34.5. The highest BCUT2D eigenvalue weighted by atomic mass is 15.1. The molecule has 0 saturated carbocycles. The van der Waals surface area contributed by atoms with Crippen molar-refractivity contribution in [3.8, 4) is 45.4 Å². The van der Waals surface area contributed by atoms with E-state index in [9.17, 15) is 0 Å². The van der Waals surface area contributed by atoms with E-state index in [0.29, 0.717) is 0 Å². The number of hydrogen-bond donors (Lipinski definition) is 0. The largest absolute Gasteiger partial charge is 0.309 e. The summed E-state index contributed by atoms with van der Waals surface area (Å²) in [6.45, 7) is 0. The maximum Gasteiger partial charge on any atom is 0.144 e. The van der Waals surface area contributed by atoms with Crippen LogP contribution in [-0.4, -0.2) is 23.3 Å². The Morgan fingerprint density at radius 1 is 0.258 bits per heavy atom. The van der Waals surface area contributed by atoms with Crippen molar-refractivity contribution in [2.75, 3.05) is 0 Å². The Balaban J connectivity index is 1.08. The van der Waals surface area contributed by atoms with Crippen LogP contribution in [0.5, 0.6) is 0 Å². The number of hydrogen-bond acceptors (Lipinski definition) is 1. The Labute approximate surface area is 357 Å². The van der Waals surface area contributed by atoms with Crippen LogP contribution >= 0.6 is 0 Å². The summed E-state index contributed by atoms with van der Waals surface area (Å²) >= 11 is 0. The van der Waals surface area contributed by atoms with Crippen LogP contribution in [0.25, 0.3) is 111 Å². The minimum Gasteiger partial charge on any atom is -0.309 e. The molecule has 0 unspecified atom stereocenters. The predicted octanol–water partition coefficient (Wildman–Crippen LogP) is 14.5. The standard InChI is InChI=1S/C57H37N5/c1-2-16-38(17-3-1)57-58-37-56(62(57)41-32-30-40(31-33-41)59-50-24-10-4-18-44(50)45-19-5-11-25-51(45)59)39-34-42(60-52-26-12-6-20-46(52)47-21-7-13-27-53(47)60)36-43(35-39)61-54-28-14-8-22-48(54)49-23-9-15-29-55(49)61/h1-37H. The van der Waals surface area contributed by atoms with Gasteiger partial charge in [-0.2, -0.15) is 0 Å². The van der Waals surface area contributed by atoms with E-state index in [1.54, 1.807) is 0 Å². The molecule has 0 aliphatic heterocycles. The van der Waals surface area contributed by atoms with Gasteiger partial charge in [-0.25, -0.2) is 4.98 Å². The van der Waals surface area contributed by atoms with Gasteiger partial charge in [0.25, 0.3) is 0 Å². The lowest BCUT2D eigenvalue weighted by Crippen LogP contribution is -2.03. The molecule has 0 amide bonds. The normalized spacial score (nSPS) is 11.9. The Kier molecular flexibility index (Phi) is 7.54. The lowest BCUT2D eigenvalue weighted by molar-refractivity contribution is 1.06. The molecule has 0 atom stereocenters. The highest BCUT2D eigenvalue weighted by Gasteiger charge is 2.21. The highest BCUT2D eigenvalue weighted by Crippen LogP contribution is 2.40. The molecule has 290 valence electrons. The van der Waals surface area contributed by atoms with Crippen molar-refractivity contribution < 1.29 is 0 Å². The fourth-order valence-electron chi connectivity index (χ4n) is 9.96. The zero-order valence-corrected chi connectivity index (χ0v) is 33.6. The van der Waals surface area contributed by atoms with Gasteiger partial charge >= 0.3 is 0 Å². The van der Waals surface area contributed by atoms with Crippen LogP contribution in [0.3, 0.4) is 0 Å². The molecule has 5 nitrogen and oxygen atoms in total. The lowest BCUT2D eigenvalue weighted by Gasteiger charge is -2.18. The summed E-state index contributed by atoms with van der Waals surface area (Å²) in [5.41, 5.74) is 14.4. The molecule has 4 heterocycles. The Morgan fingerprint density at radius 2 is 0.581 bits per heavy atom. The number of imidazole rings is 1. The van der Waals surface area contributed by atoms with Gasteiger partial charge in [0, 0.05) is 66.2 Å². The van der Waals surface area contributed by atoms with Crippen LogP contribution in [0.4, 0.5) is 0 Å². The zero-order chi connectivity index (χ0) is 40.7. The molecular weight excluding hydrogens is 755 g/mol. The lowest BCUT2D eigenvalue weighted by atomic mass is 10.1. The second-order valence-electron chi connectivity index (χ2n) is 16.0. The molecule has 0 aliphatic rings. The number of para-hydroxylation sites is 6. The molecule has 0 aliphatic carbocycles. The minimum atomic E-state index is 0.880. The number of nitrogens with zero attached hydrogens (tertiary/aromatic N) is 5. The molecule has 0 fully saturated rings. The van der Waals surface area contributed by atoms with Crippen molar-refractivity contribution in [3.05, 3.63) is 225 Å². The number of aromatic nitrogens is 5. The van der Waals surface area contributed by atoms with Gasteiger partial charge < -0.3 is 13.7 Å². The van der Waals surface area contributed by atoms with E-state index in [4.69, 9.17) is 4.98 Å². The average Bonchev–Trinajstić information content (AvgIpc) is 4.11. The van der Waals surface area contributed by atoms with Crippen LogP contribution in [0.1, 0.15) is 0 Å². The van der Waals surface area contributed by atoms with Crippen molar-refractivity contribution in [3.63, 3.8) is 0 Å². The van der Waals surface area contributed by atoms with Gasteiger partial charge in [-0.1, -0.05) is 140 Å². The van der Waals surface area contributed by atoms with Gasteiger partial charge in [-0.05, 0) is 78.9 Å². The average molecular weight is 792 g/mol. The molecule has 4 aromatic heterocycles. The van der Waals surface area contributed by atoms with Gasteiger partial charge in [0.05, 0.1) is 45.0 Å². The molecule has 0 N–H and O–H groups in total. The zero-order valence-electron chi connectivity index (χ0n) is 33.6. The molecule has 0 radical (unpaired) electrons. The molecule has 9 aromatic carbocycles. The quantitative estimate of drug-likeness (QED) is 0.165. The second kappa shape index (κ2) is 13.6. The third-order valence-corrected chi connectivity index (χ3v) is 12.6. The molecule has 13 aromatic rings. The van der Waals surface area contributed by atoms with E-state index < -0.39 is 0 Å². The molecule has 5 heteroatoms. The Hall–Kier alpha value is -8.41. The number of fused-ring (bicyclic) bond motifs is 9. The van der Waals surface area contributed by atoms with Crippen molar-refractivity contribution in [2.24, 2.45) is 0 Å². The van der Waals surface area contributed by atoms with E-state index in [1.807, 2.05) is 6.20 Å². The van der Waals surface area contributed by atoms with E-state index in [-0.39, 0.29) is 0 Å². The van der Waals surface area contributed by atoms with Crippen LogP contribution < -0.4 is 0 Å². The fourth-order valence-corrected chi connectivity index (χ4v) is 9.96. The van der Waals surface area contributed by atoms with Gasteiger partial charge in [0.2, 0.25) is 0 Å². The van der Waals surface area contributed by atoms with Crippen molar-refractivity contribution in [2.45, 2.75) is 0 Å². The molecular formula is C57H37N5. The van der Waals surface area contributed by atoms with Crippen LogP contribution in [0.15, 0.2) is 225 Å². The first-order valence-corrected chi connectivity index (χ1v) is 21.1. The smallest absolute Gasteiger partial charge is 0.144 e. The Bertz CT molecular complexity index is 3570. The van der Waals surface area contributed by atoms with Crippen LogP contribution in [0.2, 0.25) is 0 Å². The summed E-state index contributed by atoms with van der Waals surface area (Å²) in [6.07, 6.45) is 2.05. The van der Waals surface area contributed by atoms with Gasteiger partial charge in [0.15, 0.2) is 0 Å².